The molecular formula is C53H60N4. The highest BCUT2D eigenvalue weighted by Gasteiger charge is 2.14. The zero-order valence-corrected chi connectivity index (χ0v) is 35.1. The molecule has 0 N–H and O–H groups in total. The van der Waals surface area contributed by atoms with Gasteiger partial charge in [0.05, 0.1) is 23.1 Å². The standard InChI is InChI=1S/C53H60N4/c1-37-10-17-44(18-11-37)35-40(4)9-16-43(7)54-55-50-28-19-45(20-29-50)34-39(3)8-14-41(5)53-36-49(23-15-42(53)6)48-26-32-52(33-27-48)57-56-51-30-24-47(25-31-51)46-21-12-38(2)13-22-46/h10-13,15,17-33,36,39-41,43H,8-9,14,16,34-35H2,1-7H3. The molecule has 0 aliphatic rings. The second-order valence-corrected chi connectivity index (χ2v) is 16.6. The highest BCUT2D eigenvalue weighted by Crippen LogP contribution is 2.32. The summed E-state index contributed by atoms with van der Waals surface area (Å²) in [5, 5.41) is 18.2. The summed E-state index contributed by atoms with van der Waals surface area (Å²) in [7, 11) is 0. The summed E-state index contributed by atoms with van der Waals surface area (Å²) < 4.78 is 0. The van der Waals surface area contributed by atoms with E-state index in [-0.39, 0.29) is 6.04 Å². The maximum Gasteiger partial charge on any atom is 0.0857 e. The third-order valence-electron chi connectivity index (χ3n) is 11.3. The van der Waals surface area contributed by atoms with Crippen LogP contribution in [0.3, 0.4) is 0 Å². The van der Waals surface area contributed by atoms with Gasteiger partial charge in [-0.05, 0) is 165 Å². The van der Waals surface area contributed by atoms with Crippen molar-refractivity contribution >= 4 is 17.1 Å². The molecule has 0 aliphatic carbocycles. The molecule has 0 radical (unpaired) electrons. The molecule has 4 heteroatoms. The molecule has 6 rings (SSSR count). The predicted molar refractivity (Wildman–Crippen MR) is 242 cm³/mol. The van der Waals surface area contributed by atoms with Gasteiger partial charge in [0, 0.05) is 0 Å². The van der Waals surface area contributed by atoms with Crippen LogP contribution in [0.4, 0.5) is 17.1 Å². The monoisotopic (exact) mass is 752 g/mol. The highest BCUT2D eigenvalue weighted by molar-refractivity contribution is 5.67. The van der Waals surface area contributed by atoms with Crippen molar-refractivity contribution in [2.75, 3.05) is 0 Å². The Morgan fingerprint density at radius 3 is 1.35 bits per heavy atom. The average molecular weight is 753 g/mol. The van der Waals surface area contributed by atoms with E-state index in [9.17, 15) is 0 Å². The van der Waals surface area contributed by atoms with Crippen LogP contribution in [0.15, 0.2) is 160 Å². The Kier molecular flexibility index (Phi) is 14.5. The maximum absolute atomic E-state index is 4.64. The lowest BCUT2D eigenvalue weighted by molar-refractivity contribution is 0.473. The van der Waals surface area contributed by atoms with Crippen molar-refractivity contribution in [3.05, 3.63) is 173 Å². The zero-order chi connectivity index (χ0) is 40.1. The molecular weight excluding hydrogens is 693 g/mol. The Bertz CT molecular complexity index is 2200. The summed E-state index contributed by atoms with van der Waals surface area (Å²) >= 11 is 0. The molecule has 0 saturated carbocycles. The second kappa shape index (κ2) is 20.1. The van der Waals surface area contributed by atoms with Gasteiger partial charge in [-0.3, -0.25) is 0 Å². The second-order valence-electron chi connectivity index (χ2n) is 16.6. The lowest BCUT2D eigenvalue weighted by Gasteiger charge is -2.19. The minimum absolute atomic E-state index is 0.222. The predicted octanol–water partition coefficient (Wildman–Crippen LogP) is 16.3. The van der Waals surface area contributed by atoms with Gasteiger partial charge in [-0.25, -0.2) is 0 Å². The van der Waals surface area contributed by atoms with E-state index in [4.69, 9.17) is 0 Å². The van der Waals surface area contributed by atoms with Gasteiger partial charge in [-0.2, -0.15) is 20.5 Å². The van der Waals surface area contributed by atoms with Gasteiger partial charge in [0.1, 0.15) is 0 Å². The summed E-state index contributed by atoms with van der Waals surface area (Å²) in [5.41, 5.74) is 15.6. The SMILES string of the molecule is Cc1ccc(CC(C)CCC(C)N=Nc2ccc(CC(C)CCC(C)c3cc(-c4ccc(N=Nc5ccc(-c6ccc(C)cc6)cc5)cc4)ccc3C)cc2)cc1. The van der Waals surface area contributed by atoms with E-state index in [0.717, 1.165) is 49.2 Å². The van der Waals surface area contributed by atoms with Crippen LogP contribution in [0, 0.1) is 32.6 Å². The minimum atomic E-state index is 0.222. The third-order valence-corrected chi connectivity index (χ3v) is 11.3. The number of aryl methyl sites for hydroxylation is 3. The summed E-state index contributed by atoms with van der Waals surface area (Å²) in [6, 6.07) is 50.0. The fourth-order valence-electron chi connectivity index (χ4n) is 7.52. The first-order valence-electron chi connectivity index (χ1n) is 20.9. The van der Waals surface area contributed by atoms with Gasteiger partial charge in [0.15, 0.2) is 0 Å². The lowest BCUT2D eigenvalue weighted by atomic mass is 9.86. The number of nitrogens with zero attached hydrogens (tertiary/aromatic N) is 4. The molecule has 0 fully saturated rings. The smallest absolute Gasteiger partial charge is 0.0857 e. The zero-order valence-electron chi connectivity index (χ0n) is 35.1. The van der Waals surface area contributed by atoms with Crippen LogP contribution in [0.1, 0.15) is 92.7 Å². The van der Waals surface area contributed by atoms with Gasteiger partial charge in [-0.1, -0.05) is 135 Å². The van der Waals surface area contributed by atoms with Crippen molar-refractivity contribution in [1.29, 1.82) is 0 Å². The molecule has 0 bridgehead atoms. The molecule has 0 aromatic heterocycles. The lowest BCUT2D eigenvalue weighted by Crippen LogP contribution is -2.05. The number of rotatable bonds is 17. The van der Waals surface area contributed by atoms with Crippen LogP contribution < -0.4 is 0 Å². The molecule has 0 saturated heterocycles. The van der Waals surface area contributed by atoms with Gasteiger partial charge in [-0.15, -0.1) is 0 Å². The van der Waals surface area contributed by atoms with E-state index < -0.39 is 0 Å². The number of benzene rings is 6. The normalized spacial score (nSPS) is 13.9. The van der Waals surface area contributed by atoms with Crippen LogP contribution in [0.2, 0.25) is 0 Å². The van der Waals surface area contributed by atoms with Crippen LogP contribution >= 0.6 is 0 Å². The molecule has 4 nitrogen and oxygen atoms in total. The van der Waals surface area contributed by atoms with Crippen LogP contribution in [-0.4, -0.2) is 6.04 Å². The van der Waals surface area contributed by atoms with Gasteiger partial charge in [0.25, 0.3) is 0 Å². The largest absolute Gasteiger partial charge is 0.186 e. The quantitative estimate of drug-likeness (QED) is 0.0833. The molecule has 6 aromatic carbocycles. The molecule has 292 valence electrons. The van der Waals surface area contributed by atoms with Gasteiger partial charge < -0.3 is 0 Å². The Labute approximate surface area is 342 Å². The highest BCUT2D eigenvalue weighted by atomic mass is 15.1. The Morgan fingerprint density at radius 1 is 0.404 bits per heavy atom. The van der Waals surface area contributed by atoms with Gasteiger partial charge >= 0.3 is 0 Å². The topological polar surface area (TPSA) is 49.4 Å². The fourth-order valence-corrected chi connectivity index (χ4v) is 7.52. The van der Waals surface area contributed by atoms with Crippen molar-refractivity contribution in [3.63, 3.8) is 0 Å². The molecule has 0 aliphatic heterocycles. The molecule has 0 amide bonds. The van der Waals surface area contributed by atoms with Crippen molar-refractivity contribution in [1.82, 2.24) is 0 Å². The molecule has 4 unspecified atom stereocenters. The Morgan fingerprint density at radius 2 is 0.807 bits per heavy atom. The van der Waals surface area contributed by atoms with Crippen molar-refractivity contribution in [3.8, 4) is 22.3 Å². The summed E-state index contributed by atoms with van der Waals surface area (Å²) in [4.78, 5) is 0. The minimum Gasteiger partial charge on any atom is -0.186 e. The Balaban J connectivity index is 0.948. The van der Waals surface area contributed by atoms with Crippen LogP contribution in [0.25, 0.3) is 22.3 Å². The summed E-state index contributed by atoms with van der Waals surface area (Å²) in [5.74, 6) is 1.71. The first-order chi connectivity index (χ1) is 27.6. The van der Waals surface area contributed by atoms with Crippen molar-refractivity contribution < 1.29 is 0 Å². The van der Waals surface area contributed by atoms with E-state index in [1.165, 1.54) is 62.1 Å². The van der Waals surface area contributed by atoms with E-state index in [0.29, 0.717) is 17.8 Å². The third kappa shape index (κ3) is 12.5. The molecule has 4 atom stereocenters. The van der Waals surface area contributed by atoms with Crippen LogP contribution in [0.5, 0.6) is 0 Å². The van der Waals surface area contributed by atoms with E-state index in [2.05, 4.69) is 196 Å². The summed E-state index contributed by atoms with van der Waals surface area (Å²) in [6.45, 7) is 15.8. The Hall–Kier alpha value is -5.48. The number of azo groups is 2. The van der Waals surface area contributed by atoms with Gasteiger partial charge in [0.2, 0.25) is 0 Å². The molecule has 0 heterocycles. The summed E-state index contributed by atoms with van der Waals surface area (Å²) in [6.07, 6.45) is 6.74. The molecule has 0 spiro atoms. The van der Waals surface area contributed by atoms with Crippen molar-refractivity contribution in [2.24, 2.45) is 32.3 Å². The maximum atomic E-state index is 4.64. The number of hydrogen-bond acceptors (Lipinski definition) is 4. The first-order valence-corrected chi connectivity index (χ1v) is 20.9. The van der Waals surface area contributed by atoms with Crippen LogP contribution in [-0.2, 0) is 12.8 Å². The molecule has 57 heavy (non-hydrogen) atoms. The van der Waals surface area contributed by atoms with E-state index in [1.54, 1.807) is 0 Å². The average Bonchev–Trinajstić information content (AvgIpc) is 3.23. The number of hydrogen-bond donors (Lipinski definition) is 0. The first kappa shape index (κ1) is 41.2. The van der Waals surface area contributed by atoms with E-state index in [1.807, 2.05) is 12.1 Å². The molecule has 6 aromatic rings. The van der Waals surface area contributed by atoms with E-state index >= 15 is 0 Å². The fraction of sp³-hybridized carbons (Fsp3) is 0.321. The van der Waals surface area contributed by atoms with Crippen molar-refractivity contribution in [2.45, 2.75) is 99.0 Å².